The Bertz CT molecular complexity index is 1570. The third kappa shape index (κ3) is 4.11. The fourth-order valence-corrected chi connectivity index (χ4v) is 4.52. The maximum Gasteiger partial charge on any atom is 0.159 e. The van der Waals surface area contributed by atoms with E-state index in [0.29, 0.717) is 0 Å². The zero-order valence-corrected chi connectivity index (χ0v) is 19.4. The molecule has 0 fully saturated rings. The van der Waals surface area contributed by atoms with Gasteiger partial charge in [0.1, 0.15) is 12.0 Å². The highest BCUT2D eigenvalue weighted by molar-refractivity contribution is 6.13. The van der Waals surface area contributed by atoms with E-state index in [-0.39, 0.29) is 6.17 Å². The van der Waals surface area contributed by atoms with Crippen LogP contribution in [0.4, 0.5) is 0 Å². The molecule has 4 nitrogen and oxygen atoms in total. The molecule has 6 rings (SSSR count). The van der Waals surface area contributed by atoms with Crippen molar-refractivity contribution in [3.05, 3.63) is 138 Å². The molecule has 0 aliphatic carbocycles. The average molecular weight is 453 g/mol. The molecule has 0 spiro atoms. The van der Waals surface area contributed by atoms with Gasteiger partial charge < -0.3 is 5.32 Å². The molecule has 0 bridgehead atoms. The molecule has 4 aromatic carbocycles. The summed E-state index contributed by atoms with van der Waals surface area (Å²) < 4.78 is 0. The van der Waals surface area contributed by atoms with Crippen LogP contribution in [0, 0.1) is 6.92 Å². The smallest absolute Gasteiger partial charge is 0.159 e. The van der Waals surface area contributed by atoms with E-state index in [9.17, 15) is 0 Å². The molecule has 1 atom stereocenters. The number of nitrogens with one attached hydrogen (secondary N) is 1. The molecule has 0 radical (unpaired) electrons. The molecule has 0 amide bonds. The monoisotopic (exact) mass is 452 g/mol. The van der Waals surface area contributed by atoms with Gasteiger partial charge in [0.05, 0.1) is 5.52 Å². The normalized spacial score (nSPS) is 15.3. The van der Waals surface area contributed by atoms with Crippen molar-refractivity contribution in [1.29, 1.82) is 0 Å². The summed E-state index contributed by atoms with van der Waals surface area (Å²) in [6.45, 7) is 2.10. The second-order valence-electron chi connectivity index (χ2n) is 8.65. The highest BCUT2D eigenvalue weighted by Crippen LogP contribution is 2.30. The third-order valence-electron chi connectivity index (χ3n) is 6.31. The first-order valence-corrected chi connectivity index (χ1v) is 11.7. The van der Waals surface area contributed by atoms with E-state index in [4.69, 9.17) is 9.98 Å². The second kappa shape index (κ2) is 8.99. The minimum Gasteiger partial charge on any atom is -0.344 e. The van der Waals surface area contributed by atoms with E-state index in [1.54, 1.807) is 0 Å². The maximum atomic E-state index is 4.95. The molecule has 0 saturated carbocycles. The summed E-state index contributed by atoms with van der Waals surface area (Å²) in [6.07, 6.45) is 1.64. The van der Waals surface area contributed by atoms with Gasteiger partial charge in [-0.15, -0.1) is 0 Å². The van der Waals surface area contributed by atoms with Crippen molar-refractivity contribution in [3.8, 4) is 11.1 Å². The zero-order valence-electron chi connectivity index (χ0n) is 19.4. The molecule has 4 heteroatoms. The minimum absolute atomic E-state index is 0.216. The van der Waals surface area contributed by atoms with Crippen LogP contribution in [0.15, 0.2) is 125 Å². The van der Waals surface area contributed by atoms with Gasteiger partial charge in [-0.2, -0.15) is 0 Å². The quantitative estimate of drug-likeness (QED) is 0.330. The Labute approximate surface area is 204 Å². The largest absolute Gasteiger partial charge is 0.344 e. The Morgan fingerprint density at radius 1 is 0.686 bits per heavy atom. The number of nitrogens with zero attached hydrogens (tertiary/aromatic N) is 3. The number of pyridine rings is 1. The minimum atomic E-state index is -0.216. The van der Waals surface area contributed by atoms with Crippen molar-refractivity contribution in [2.45, 2.75) is 13.1 Å². The fraction of sp³-hybridized carbons (Fsp3) is 0.0645. The molecule has 2 heterocycles. The number of amidine groups is 2. The standard InChI is InChI=1S/C31H24N4/c1-21-17-18-26(27-16-9-19-32-28(21)27)24-14-8-15-25(20-24)31-34-29(22-10-4-2-5-11-22)33-30(35-31)23-12-6-3-7-13-23/h2-20,29H,1H3,(H,33,34,35). The van der Waals surface area contributed by atoms with Gasteiger partial charge in [0.15, 0.2) is 5.84 Å². The lowest BCUT2D eigenvalue weighted by atomic mass is 9.96. The van der Waals surface area contributed by atoms with Crippen molar-refractivity contribution in [1.82, 2.24) is 10.3 Å². The topological polar surface area (TPSA) is 49.6 Å². The summed E-state index contributed by atoms with van der Waals surface area (Å²) in [5.41, 5.74) is 7.61. The maximum absolute atomic E-state index is 4.95. The van der Waals surface area contributed by atoms with E-state index >= 15 is 0 Å². The Balaban J connectivity index is 1.45. The highest BCUT2D eigenvalue weighted by Gasteiger charge is 2.21. The van der Waals surface area contributed by atoms with Crippen LogP contribution in [0.1, 0.15) is 28.4 Å². The number of hydrogen-bond donors (Lipinski definition) is 1. The van der Waals surface area contributed by atoms with E-state index in [1.165, 1.54) is 5.56 Å². The van der Waals surface area contributed by atoms with E-state index in [0.717, 1.165) is 50.4 Å². The van der Waals surface area contributed by atoms with Gasteiger partial charge >= 0.3 is 0 Å². The lowest BCUT2D eigenvalue weighted by Crippen LogP contribution is -2.33. The summed E-state index contributed by atoms with van der Waals surface area (Å²) in [6, 6.07) is 37.4. The first kappa shape index (κ1) is 21.0. The van der Waals surface area contributed by atoms with Crippen LogP contribution in [0.3, 0.4) is 0 Å². The molecule has 0 saturated heterocycles. The Hall–Kier alpha value is -4.57. The van der Waals surface area contributed by atoms with E-state index < -0.39 is 0 Å². The first-order valence-electron chi connectivity index (χ1n) is 11.7. The summed E-state index contributed by atoms with van der Waals surface area (Å²) in [5.74, 6) is 1.53. The SMILES string of the molecule is Cc1ccc(-c2cccc(C3=NC(c4ccccc4)=NC(c4ccccc4)N3)c2)c2cccnc12. The molecular formula is C31H24N4. The molecule has 5 aromatic rings. The van der Waals surface area contributed by atoms with Gasteiger partial charge in [-0.05, 0) is 41.3 Å². The van der Waals surface area contributed by atoms with Gasteiger partial charge in [0.25, 0.3) is 0 Å². The molecular weight excluding hydrogens is 428 g/mol. The first-order chi connectivity index (χ1) is 17.3. The van der Waals surface area contributed by atoms with Crippen molar-refractivity contribution in [3.63, 3.8) is 0 Å². The number of aryl methyl sites for hydroxylation is 1. The predicted octanol–water partition coefficient (Wildman–Crippen LogP) is 6.71. The van der Waals surface area contributed by atoms with Crippen molar-refractivity contribution in [2.75, 3.05) is 0 Å². The Morgan fingerprint density at radius 2 is 1.43 bits per heavy atom. The predicted molar refractivity (Wildman–Crippen MR) is 144 cm³/mol. The fourth-order valence-electron chi connectivity index (χ4n) is 4.52. The average Bonchev–Trinajstić information content (AvgIpc) is 2.94. The van der Waals surface area contributed by atoms with Gasteiger partial charge in [-0.1, -0.05) is 97.1 Å². The molecule has 35 heavy (non-hydrogen) atoms. The second-order valence-corrected chi connectivity index (χ2v) is 8.65. The Morgan fingerprint density at radius 3 is 2.26 bits per heavy atom. The summed E-state index contributed by atoms with van der Waals surface area (Å²) >= 11 is 0. The molecule has 1 N–H and O–H groups in total. The van der Waals surface area contributed by atoms with Gasteiger partial charge in [0, 0.05) is 22.7 Å². The van der Waals surface area contributed by atoms with E-state index in [2.05, 4.69) is 84.0 Å². The van der Waals surface area contributed by atoms with Crippen molar-refractivity contribution in [2.24, 2.45) is 9.98 Å². The van der Waals surface area contributed by atoms with Crippen LogP contribution in [-0.2, 0) is 0 Å². The number of benzene rings is 4. The molecule has 168 valence electrons. The van der Waals surface area contributed by atoms with Crippen LogP contribution in [0.25, 0.3) is 22.0 Å². The molecule has 1 aliphatic heterocycles. The van der Waals surface area contributed by atoms with Gasteiger partial charge in [-0.25, -0.2) is 9.98 Å². The lowest BCUT2D eigenvalue weighted by molar-refractivity contribution is 0.674. The molecule has 1 aromatic heterocycles. The lowest BCUT2D eigenvalue weighted by Gasteiger charge is -2.24. The molecule has 1 unspecified atom stereocenters. The van der Waals surface area contributed by atoms with Crippen LogP contribution in [0.5, 0.6) is 0 Å². The van der Waals surface area contributed by atoms with Crippen LogP contribution in [0.2, 0.25) is 0 Å². The number of rotatable bonds is 4. The van der Waals surface area contributed by atoms with Crippen molar-refractivity contribution < 1.29 is 0 Å². The van der Waals surface area contributed by atoms with Crippen molar-refractivity contribution >= 4 is 22.6 Å². The van der Waals surface area contributed by atoms with Gasteiger partial charge in [-0.3, -0.25) is 4.98 Å². The van der Waals surface area contributed by atoms with Crippen LogP contribution < -0.4 is 5.32 Å². The van der Waals surface area contributed by atoms with Gasteiger partial charge in [0.2, 0.25) is 0 Å². The number of aliphatic imine (C=N–C) groups is 2. The van der Waals surface area contributed by atoms with Crippen LogP contribution in [-0.4, -0.2) is 16.7 Å². The summed E-state index contributed by atoms with van der Waals surface area (Å²) in [7, 11) is 0. The highest BCUT2D eigenvalue weighted by atomic mass is 15.2. The summed E-state index contributed by atoms with van der Waals surface area (Å²) in [5, 5.41) is 4.71. The third-order valence-corrected chi connectivity index (χ3v) is 6.31. The zero-order chi connectivity index (χ0) is 23.6. The number of fused-ring (bicyclic) bond motifs is 1. The Kier molecular flexibility index (Phi) is 5.39. The van der Waals surface area contributed by atoms with Crippen LogP contribution >= 0.6 is 0 Å². The van der Waals surface area contributed by atoms with E-state index in [1.807, 2.05) is 48.7 Å². The number of hydrogen-bond acceptors (Lipinski definition) is 4. The number of aromatic nitrogens is 1. The molecule has 1 aliphatic rings. The summed E-state index contributed by atoms with van der Waals surface area (Å²) in [4.78, 5) is 14.5.